The second kappa shape index (κ2) is 8.21. The highest BCUT2D eigenvalue weighted by Gasteiger charge is 2.19. The van der Waals surface area contributed by atoms with Crippen LogP contribution in [0.3, 0.4) is 0 Å². The number of carbonyl (C=O) groups is 1. The number of aromatic nitrogens is 3. The van der Waals surface area contributed by atoms with E-state index in [0.29, 0.717) is 11.4 Å². The minimum atomic E-state index is -2.88. The average Bonchev–Trinajstić information content (AvgIpc) is 2.86. The van der Waals surface area contributed by atoms with Crippen LogP contribution in [0, 0.1) is 6.92 Å². The van der Waals surface area contributed by atoms with Gasteiger partial charge in [-0.15, -0.1) is 17.5 Å². The zero-order valence-corrected chi connectivity index (χ0v) is 14.8. The number of halogens is 3. The van der Waals surface area contributed by atoms with Gasteiger partial charge in [-0.2, -0.15) is 8.78 Å². The lowest BCUT2D eigenvalue weighted by Crippen LogP contribution is -2.45. The molecule has 2 aromatic rings. The van der Waals surface area contributed by atoms with E-state index in [1.165, 1.54) is 16.8 Å². The second-order valence-electron chi connectivity index (χ2n) is 5.98. The zero-order chi connectivity index (χ0) is 17.9. The van der Waals surface area contributed by atoms with Gasteiger partial charge in [-0.05, 0) is 45.0 Å². The molecule has 1 aromatic carbocycles. The van der Waals surface area contributed by atoms with Gasteiger partial charge in [0.1, 0.15) is 5.75 Å². The molecule has 138 valence electrons. The van der Waals surface area contributed by atoms with E-state index in [-0.39, 0.29) is 36.3 Å². The van der Waals surface area contributed by atoms with Crippen molar-refractivity contribution in [2.45, 2.75) is 32.9 Å². The van der Waals surface area contributed by atoms with Gasteiger partial charge in [0.05, 0.1) is 11.4 Å². The van der Waals surface area contributed by atoms with Gasteiger partial charge in [-0.1, -0.05) is 5.21 Å². The minimum Gasteiger partial charge on any atom is -0.435 e. The van der Waals surface area contributed by atoms with Crippen LogP contribution in [0.2, 0.25) is 0 Å². The maximum Gasteiger partial charge on any atom is 0.387 e. The first-order valence-corrected chi connectivity index (χ1v) is 7.22. The van der Waals surface area contributed by atoms with E-state index in [0.717, 1.165) is 0 Å². The number of hydrogen-bond donors (Lipinski definition) is 2. The Hall–Kier alpha value is -2.26. The Bertz CT molecular complexity index is 714. The summed E-state index contributed by atoms with van der Waals surface area (Å²) in [5.74, 6) is -0.343. The molecular formula is C15H20ClF2N5O2. The maximum absolute atomic E-state index is 12.2. The minimum absolute atomic E-state index is 0. The van der Waals surface area contributed by atoms with Crippen LogP contribution >= 0.6 is 12.4 Å². The first-order chi connectivity index (χ1) is 11.2. The molecule has 0 atom stereocenters. The first kappa shape index (κ1) is 20.8. The predicted octanol–water partition coefficient (Wildman–Crippen LogP) is 2.07. The fraction of sp³-hybridized carbons (Fsp3) is 0.400. The number of amides is 1. The predicted molar refractivity (Wildman–Crippen MR) is 90.6 cm³/mol. The van der Waals surface area contributed by atoms with Crippen molar-refractivity contribution in [3.63, 3.8) is 0 Å². The number of nitrogens with one attached hydrogen (secondary N) is 1. The Labute approximate surface area is 149 Å². The molecule has 0 bridgehead atoms. The van der Waals surface area contributed by atoms with Crippen LogP contribution in [0.25, 0.3) is 5.69 Å². The molecule has 0 radical (unpaired) electrons. The van der Waals surface area contributed by atoms with Gasteiger partial charge in [-0.25, -0.2) is 4.68 Å². The third-order valence-electron chi connectivity index (χ3n) is 3.12. The first-order valence-electron chi connectivity index (χ1n) is 7.22. The number of carbonyl (C=O) groups excluding carboxylic acids is 1. The lowest BCUT2D eigenvalue weighted by molar-refractivity contribution is -0.0498. The molecule has 25 heavy (non-hydrogen) atoms. The second-order valence-corrected chi connectivity index (χ2v) is 5.98. The highest BCUT2D eigenvalue weighted by atomic mass is 35.5. The maximum atomic E-state index is 12.2. The summed E-state index contributed by atoms with van der Waals surface area (Å²) < 4.78 is 30.0. The van der Waals surface area contributed by atoms with Crippen LogP contribution in [0.4, 0.5) is 8.78 Å². The van der Waals surface area contributed by atoms with Gasteiger partial charge < -0.3 is 15.8 Å². The van der Waals surface area contributed by atoms with Crippen molar-refractivity contribution in [3.8, 4) is 11.4 Å². The molecule has 10 heteroatoms. The lowest BCUT2D eigenvalue weighted by atomic mass is 10.1. The molecule has 0 aliphatic rings. The molecule has 3 N–H and O–H groups in total. The molecule has 0 saturated carbocycles. The van der Waals surface area contributed by atoms with E-state index in [2.05, 4.69) is 20.4 Å². The summed E-state index contributed by atoms with van der Waals surface area (Å²) >= 11 is 0. The molecule has 7 nitrogen and oxygen atoms in total. The van der Waals surface area contributed by atoms with Gasteiger partial charge in [0.15, 0.2) is 5.69 Å². The number of rotatable bonds is 6. The summed E-state index contributed by atoms with van der Waals surface area (Å²) in [6, 6.07) is 5.87. The van der Waals surface area contributed by atoms with Crippen LogP contribution in [-0.4, -0.2) is 39.6 Å². The molecule has 1 aromatic heterocycles. The fourth-order valence-electron chi connectivity index (χ4n) is 1.94. The number of nitrogens with zero attached hydrogens (tertiary/aromatic N) is 3. The molecule has 0 fully saturated rings. The molecule has 0 unspecified atom stereocenters. The van der Waals surface area contributed by atoms with Crippen molar-refractivity contribution in [3.05, 3.63) is 35.7 Å². The molecule has 1 amide bonds. The van der Waals surface area contributed by atoms with Gasteiger partial charge in [0.2, 0.25) is 0 Å². The van der Waals surface area contributed by atoms with Gasteiger partial charge >= 0.3 is 6.61 Å². The highest BCUT2D eigenvalue weighted by molar-refractivity contribution is 5.93. The number of hydrogen-bond acceptors (Lipinski definition) is 5. The van der Waals surface area contributed by atoms with Crippen molar-refractivity contribution < 1.29 is 18.3 Å². The Morgan fingerprint density at radius 3 is 2.48 bits per heavy atom. The van der Waals surface area contributed by atoms with E-state index in [4.69, 9.17) is 5.73 Å². The van der Waals surface area contributed by atoms with Crippen LogP contribution < -0.4 is 15.8 Å². The lowest BCUT2D eigenvalue weighted by Gasteiger charge is -2.18. The molecule has 1 heterocycles. The molecule has 0 aliphatic carbocycles. The smallest absolute Gasteiger partial charge is 0.387 e. The topological polar surface area (TPSA) is 95.1 Å². The summed E-state index contributed by atoms with van der Waals surface area (Å²) in [6.07, 6.45) is 0. The van der Waals surface area contributed by atoms with E-state index in [1.807, 2.05) is 0 Å². The summed E-state index contributed by atoms with van der Waals surface area (Å²) in [6.45, 7) is 2.68. The molecule has 0 aliphatic heterocycles. The number of ether oxygens (including phenoxy) is 1. The number of alkyl halides is 2. The third-order valence-corrected chi connectivity index (χ3v) is 3.12. The number of benzene rings is 1. The van der Waals surface area contributed by atoms with Gasteiger partial charge in [0.25, 0.3) is 5.91 Å². The van der Waals surface area contributed by atoms with Gasteiger partial charge in [0, 0.05) is 12.1 Å². The Morgan fingerprint density at radius 1 is 1.36 bits per heavy atom. The van der Waals surface area contributed by atoms with Crippen molar-refractivity contribution in [2.24, 2.45) is 5.73 Å². The average molecular weight is 376 g/mol. The van der Waals surface area contributed by atoms with E-state index in [9.17, 15) is 13.6 Å². The van der Waals surface area contributed by atoms with E-state index < -0.39 is 12.2 Å². The summed E-state index contributed by atoms with van der Waals surface area (Å²) in [5, 5.41) is 10.5. The largest absolute Gasteiger partial charge is 0.435 e. The van der Waals surface area contributed by atoms with E-state index in [1.54, 1.807) is 32.9 Å². The number of nitrogens with two attached hydrogens (primary N) is 1. The monoisotopic (exact) mass is 375 g/mol. The van der Waals surface area contributed by atoms with Crippen molar-refractivity contribution in [1.29, 1.82) is 0 Å². The SMILES string of the molecule is Cc1c(C(=O)NCC(C)(C)N)nnn1-c1ccc(OC(F)F)cc1.Cl. The van der Waals surface area contributed by atoms with Crippen LogP contribution in [0.15, 0.2) is 24.3 Å². The molecule has 0 saturated heterocycles. The summed E-state index contributed by atoms with van der Waals surface area (Å²) in [7, 11) is 0. The molecule has 2 rings (SSSR count). The third kappa shape index (κ3) is 5.64. The Balaban J connectivity index is 0.00000312. The Morgan fingerprint density at radius 2 is 1.96 bits per heavy atom. The van der Waals surface area contributed by atoms with Crippen LogP contribution in [0.5, 0.6) is 5.75 Å². The van der Waals surface area contributed by atoms with Crippen molar-refractivity contribution in [2.75, 3.05) is 6.54 Å². The summed E-state index contributed by atoms with van der Waals surface area (Å²) in [4.78, 5) is 12.1. The summed E-state index contributed by atoms with van der Waals surface area (Å²) in [5.41, 5.74) is 6.54. The molecule has 0 spiro atoms. The standard InChI is InChI=1S/C15H19F2N5O2.ClH/c1-9-12(13(23)19-8-15(2,3)18)20-21-22(9)10-4-6-11(7-5-10)24-14(16)17;/h4-7,14H,8,18H2,1-3H3,(H,19,23);1H. The molecular weight excluding hydrogens is 356 g/mol. The van der Waals surface area contributed by atoms with Crippen molar-refractivity contribution in [1.82, 2.24) is 20.3 Å². The zero-order valence-electron chi connectivity index (χ0n) is 14.0. The highest BCUT2D eigenvalue weighted by Crippen LogP contribution is 2.18. The fourth-order valence-corrected chi connectivity index (χ4v) is 1.94. The quantitative estimate of drug-likeness (QED) is 0.805. The van der Waals surface area contributed by atoms with Gasteiger partial charge in [-0.3, -0.25) is 4.79 Å². The Kier molecular flexibility index (Phi) is 6.83. The van der Waals surface area contributed by atoms with Crippen molar-refractivity contribution >= 4 is 18.3 Å². The van der Waals surface area contributed by atoms with Crippen LogP contribution in [0.1, 0.15) is 30.0 Å². The van der Waals surface area contributed by atoms with Crippen LogP contribution in [-0.2, 0) is 0 Å². The normalized spacial score (nSPS) is 11.2. The van der Waals surface area contributed by atoms with E-state index >= 15 is 0 Å².